The smallest absolute Gasteiger partial charge is 0.295 e. The van der Waals surface area contributed by atoms with E-state index in [1.807, 2.05) is 25.1 Å². The lowest BCUT2D eigenvalue weighted by Crippen LogP contribution is -2.45. The Balaban J connectivity index is 2.00. The molecule has 0 spiro atoms. The van der Waals surface area contributed by atoms with E-state index < -0.39 is 5.78 Å². The van der Waals surface area contributed by atoms with Gasteiger partial charge in [-0.05, 0) is 25.5 Å². The fourth-order valence-electron chi connectivity index (χ4n) is 2.20. The first-order valence-electron chi connectivity index (χ1n) is 6.08. The predicted molar refractivity (Wildman–Crippen MR) is 68.6 cm³/mol. The van der Waals surface area contributed by atoms with Crippen LogP contribution >= 0.6 is 0 Å². The van der Waals surface area contributed by atoms with Crippen molar-refractivity contribution < 1.29 is 9.59 Å². The van der Waals surface area contributed by atoms with Gasteiger partial charge in [-0.3, -0.25) is 9.59 Å². The highest BCUT2D eigenvalue weighted by molar-refractivity contribution is 6.45. The average Bonchev–Trinajstić information content (AvgIpc) is 2.68. The molecule has 92 valence electrons. The Morgan fingerprint density at radius 3 is 2.72 bits per heavy atom. The summed E-state index contributed by atoms with van der Waals surface area (Å²) in [7, 11) is 0. The molecule has 1 fully saturated rings. The molecule has 0 aliphatic carbocycles. The third-order valence-corrected chi connectivity index (χ3v) is 3.42. The summed E-state index contributed by atoms with van der Waals surface area (Å²) in [6.07, 6.45) is 2.62. The van der Waals surface area contributed by atoms with Crippen LogP contribution in [0.4, 0.5) is 0 Å². The third kappa shape index (κ3) is 1.61. The molecular formula is C14H14N2O2. The molecule has 4 nitrogen and oxygen atoms in total. The molecule has 1 saturated heterocycles. The van der Waals surface area contributed by atoms with Gasteiger partial charge in [-0.1, -0.05) is 11.6 Å². The van der Waals surface area contributed by atoms with Crippen LogP contribution in [0.1, 0.15) is 22.3 Å². The van der Waals surface area contributed by atoms with E-state index in [4.69, 9.17) is 0 Å². The number of carbonyl (C=O) groups is 2. The van der Waals surface area contributed by atoms with Crippen molar-refractivity contribution in [1.82, 2.24) is 9.88 Å². The van der Waals surface area contributed by atoms with Gasteiger partial charge in [0, 0.05) is 30.2 Å². The van der Waals surface area contributed by atoms with Crippen LogP contribution in [-0.2, 0) is 4.79 Å². The molecule has 1 N–H and O–H groups in total. The average molecular weight is 242 g/mol. The molecule has 4 heteroatoms. The number of hydrogen-bond acceptors (Lipinski definition) is 2. The number of amides is 1. The topological polar surface area (TPSA) is 53.2 Å². The number of benzene rings is 1. The zero-order valence-electron chi connectivity index (χ0n) is 10.2. The number of rotatable bonds is 2. The maximum absolute atomic E-state index is 12.2. The molecule has 1 aliphatic heterocycles. The summed E-state index contributed by atoms with van der Waals surface area (Å²) in [5, 5.41) is 0.828. The molecule has 2 heterocycles. The van der Waals surface area contributed by atoms with Crippen LogP contribution < -0.4 is 0 Å². The van der Waals surface area contributed by atoms with Crippen LogP contribution in [0.25, 0.3) is 10.9 Å². The van der Waals surface area contributed by atoms with Gasteiger partial charge in [0.05, 0.1) is 5.56 Å². The van der Waals surface area contributed by atoms with Gasteiger partial charge in [0.2, 0.25) is 0 Å². The Morgan fingerprint density at radius 1 is 1.28 bits per heavy atom. The van der Waals surface area contributed by atoms with Gasteiger partial charge in [0.25, 0.3) is 11.7 Å². The van der Waals surface area contributed by atoms with Crippen molar-refractivity contribution >= 4 is 22.6 Å². The van der Waals surface area contributed by atoms with Crippen molar-refractivity contribution in [3.05, 3.63) is 35.5 Å². The lowest BCUT2D eigenvalue weighted by atomic mass is 10.1. The monoisotopic (exact) mass is 242 g/mol. The number of likely N-dealkylation sites (tertiary alicyclic amines) is 1. The van der Waals surface area contributed by atoms with E-state index in [0.29, 0.717) is 18.7 Å². The van der Waals surface area contributed by atoms with Crippen molar-refractivity contribution in [2.45, 2.75) is 13.3 Å². The Labute approximate surface area is 105 Å². The molecule has 0 radical (unpaired) electrons. The maximum atomic E-state index is 12.2. The minimum atomic E-state index is -0.411. The number of nitrogens with zero attached hydrogens (tertiary/aromatic N) is 1. The summed E-state index contributed by atoms with van der Waals surface area (Å²) in [5.41, 5.74) is 2.44. The molecule has 0 unspecified atom stereocenters. The SMILES string of the molecule is Cc1ccc2[nH]cc(C(=O)C(=O)N3CCC3)c2c1. The molecule has 0 atom stereocenters. The Bertz CT molecular complexity index is 638. The molecule has 1 aromatic heterocycles. The highest BCUT2D eigenvalue weighted by Gasteiger charge is 2.28. The van der Waals surface area contributed by atoms with Gasteiger partial charge in [-0.25, -0.2) is 0 Å². The first kappa shape index (κ1) is 11.0. The second kappa shape index (κ2) is 3.98. The summed E-state index contributed by atoms with van der Waals surface area (Å²) >= 11 is 0. The van der Waals surface area contributed by atoms with Crippen LogP contribution in [0.15, 0.2) is 24.4 Å². The molecule has 3 rings (SSSR count). The molecule has 1 amide bonds. The van der Waals surface area contributed by atoms with Gasteiger partial charge in [-0.15, -0.1) is 0 Å². The quantitative estimate of drug-likeness (QED) is 0.646. The number of aryl methyl sites for hydroxylation is 1. The molecule has 1 aromatic carbocycles. The second-order valence-corrected chi connectivity index (χ2v) is 4.73. The van der Waals surface area contributed by atoms with E-state index in [2.05, 4.69) is 4.98 Å². The number of carbonyl (C=O) groups excluding carboxylic acids is 2. The van der Waals surface area contributed by atoms with E-state index >= 15 is 0 Å². The number of Topliss-reactive ketones (excluding diaryl/α,β-unsaturated/α-hetero) is 1. The van der Waals surface area contributed by atoms with Gasteiger partial charge in [0.15, 0.2) is 0 Å². The number of ketones is 1. The first-order valence-corrected chi connectivity index (χ1v) is 6.08. The third-order valence-electron chi connectivity index (χ3n) is 3.42. The number of aromatic amines is 1. The van der Waals surface area contributed by atoms with Crippen LogP contribution in [0.3, 0.4) is 0 Å². The Hall–Kier alpha value is -2.10. The number of hydrogen-bond donors (Lipinski definition) is 1. The van der Waals surface area contributed by atoms with Gasteiger partial charge >= 0.3 is 0 Å². The van der Waals surface area contributed by atoms with E-state index in [0.717, 1.165) is 22.9 Å². The van der Waals surface area contributed by atoms with Gasteiger partial charge in [0.1, 0.15) is 0 Å². The lowest BCUT2D eigenvalue weighted by Gasteiger charge is -2.29. The van der Waals surface area contributed by atoms with Crippen molar-refractivity contribution in [2.24, 2.45) is 0 Å². The zero-order chi connectivity index (χ0) is 12.7. The van der Waals surface area contributed by atoms with Gasteiger partial charge < -0.3 is 9.88 Å². The number of H-pyrrole nitrogens is 1. The van der Waals surface area contributed by atoms with Gasteiger partial charge in [-0.2, -0.15) is 0 Å². The van der Waals surface area contributed by atoms with Crippen molar-refractivity contribution in [1.29, 1.82) is 0 Å². The second-order valence-electron chi connectivity index (χ2n) is 4.73. The maximum Gasteiger partial charge on any atom is 0.295 e. The summed E-state index contributed by atoms with van der Waals surface area (Å²) in [6.45, 7) is 3.37. The normalized spacial score (nSPS) is 14.6. The van der Waals surface area contributed by atoms with Crippen LogP contribution in [-0.4, -0.2) is 34.7 Å². The van der Waals surface area contributed by atoms with E-state index in [1.54, 1.807) is 11.1 Å². The minimum absolute atomic E-state index is 0.386. The Morgan fingerprint density at radius 2 is 2.06 bits per heavy atom. The molecule has 1 aliphatic rings. The number of nitrogens with one attached hydrogen (secondary N) is 1. The van der Waals surface area contributed by atoms with Crippen molar-refractivity contribution in [3.63, 3.8) is 0 Å². The lowest BCUT2D eigenvalue weighted by molar-refractivity contribution is -0.129. The van der Waals surface area contributed by atoms with E-state index in [1.165, 1.54) is 0 Å². The van der Waals surface area contributed by atoms with E-state index in [9.17, 15) is 9.59 Å². The number of aromatic nitrogens is 1. The van der Waals surface area contributed by atoms with Crippen LogP contribution in [0.2, 0.25) is 0 Å². The fourth-order valence-corrected chi connectivity index (χ4v) is 2.20. The minimum Gasteiger partial charge on any atom is -0.360 e. The standard InChI is InChI=1S/C14H14N2O2/c1-9-3-4-12-10(7-9)11(8-15-12)13(17)14(18)16-5-2-6-16/h3-4,7-8,15H,2,5-6H2,1H3. The van der Waals surface area contributed by atoms with Crippen LogP contribution in [0.5, 0.6) is 0 Å². The van der Waals surface area contributed by atoms with Crippen molar-refractivity contribution in [2.75, 3.05) is 13.1 Å². The zero-order valence-corrected chi connectivity index (χ0v) is 10.2. The largest absolute Gasteiger partial charge is 0.360 e. The molecule has 0 saturated carbocycles. The summed E-state index contributed by atoms with van der Waals surface area (Å²) in [4.78, 5) is 28.7. The van der Waals surface area contributed by atoms with E-state index in [-0.39, 0.29) is 5.91 Å². The van der Waals surface area contributed by atoms with Crippen LogP contribution in [0, 0.1) is 6.92 Å². The fraction of sp³-hybridized carbons (Fsp3) is 0.286. The summed E-state index contributed by atoms with van der Waals surface area (Å²) in [5.74, 6) is -0.796. The number of fused-ring (bicyclic) bond motifs is 1. The first-order chi connectivity index (χ1) is 8.66. The Kier molecular flexibility index (Phi) is 2.44. The molecular weight excluding hydrogens is 228 g/mol. The van der Waals surface area contributed by atoms with Crippen molar-refractivity contribution in [3.8, 4) is 0 Å². The molecule has 2 aromatic rings. The molecule has 0 bridgehead atoms. The highest BCUT2D eigenvalue weighted by atomic mass is 16.2. The predicted octanol–water partition coefficient (Wildman–Crippen LogP) is 1.89. The summed E-state index contributed by atoms with van der Waals surface area (Å²) < 4.78 is 0. The molecule has 18 heavy (non-hydrogen) atoms. The summed E-state index contributed by atoms with van der Waals surface area (Å²) in [6, 6.07) is 5.84. The highest BCUT2D eigenvalue weighted by Crippen LogP contribution is 2.21.